The van der Waals surface area contributed by atoms with Gasteiger partial charge in [0.15, 0.2) is 0 Å². The van der Waals surface area contributed by atoms with Crippen LogP contribution in [0.5, 0.6) is 0 Å². The zero-order valence-electron chi connectivity index (χ0n) is 10.1. The van der Waals surface area contributed by atoms with Gasteiger partial charge < -0.3 is 10.3 Å². The smallest absolute Gasteiger partial charge is 0.150 e. The standard InChI is InChI=1S/C13H18N4/c1-2-8-17-10-15-16-13(17)12(14)9-11-6-4-3-5-7-11/h3-7,10,12H,2,8-9,14H2,1H3/t12-/m0/s1. The van der Waals surface area contributed by atoms with E-state index in [-0.39, 0.29) is 6.04 Å². The van der Waals surface area contributed by atoms with Gasteiger partial charge >= 0.3 is 0 Å². The van der Waals surface area contributed by atoms with Crippen LogP contribution in [-0.2, 0) is 13.0 Å². The van der Waals surface area contributed by atoms with Crippen molar-refractivity contribution in [3.05, 3.63) is 48.0 Å². The number of nitrogens with two attached hydrogens (primary N) is 1. The SMILES string of the molecule is CCCn1cnnc1[C@@H](N)Cc1ccccc1. The second kappa shape index (κ2) is 5.59. The first-order chi connectivity index (χ1) is 8.31. The highest BCUT2D eigenvalue weighted by molar-refractivity contribution is 5.17. The summed E-state index contributed by atoms with van der Waals surface area (Å²) in [5.41, 5.74) is 7.41. The number of hydrogen-bond donors (Lipinski definition) is 1. The van der Waals surface area contributed by atoms with Crippen molar-refractivity contribution in [2.24, 2.45) is 5.73 Å². The number of benzene rings is 1. The molecule has 2 rings (SSSR count). The van der Waals surface area contributed by atoms with E-state index in [2.05, 4.69) is 29.3 Å². The quantitative estimate of drug-likeness (QED) is 0.854. The monoisotopic (exact) mass is 230 g/mol. The first-order valence-electron chi connectivity index (χ1n) is 5.98. The Morgan fingerprint density at radius 3 is 2.76 bits per heavy atom. The number of aromatic nitrogens is 3. The number of hydrogen-bond acceptors (Lipinski definition) is 3. The maximum absolute atomic E-state index is 6.18. The van der Waals surface area contributed by atoms with Crippen LogP contribution >= 0.6 is 0 Å². The first-order valence-corrected chi connectivity index (χ1v) is 5.98. The molecular weight excluding hydrogens is 212 g/mol. The molecule has 0 fully saturated rings. The minimum atomic E-state index is -0.0913. The molecule has 1 aromatic carbocycles. The Hall–Kier alpha value is -1.68. The second-order valence-electron chi connectivity index (χ2n) is 4.18. The van der Waals surface area contributed by atoms with E-state index in [0.29, 0.717) is 0 Å². The minimum Gasteiger partial charge on any atom is -0.321 e. The van der Waals surface area contributed by atoms with Crippen LogP contribution in [0, 0.1) is 0 Å². The predicted octanol–water partition coefficient (Wildman–Crippen LogP) is 1.93. The van der Waals surface area contributed by atoms with Gasteiger partial charge in [0.05, 0.1) is 6.04 Å². The second-order valence-corrected chi connectivity index (χ2v) is 4.18. The molecule has 0 aliphatic carbocycles. The fourth-order valence-electron chi connectivity index (χ4n) is 1.92. The van der Waals surface area contributed by atoms with Crippen LogP contribution in [0.4, 0.5) is 0 Å². The molecule has 90 valence electrons. The molecule has 0 aliphatic heterocycles. The van der Waals surface area contributed by atoms with Gasteiger partial charge in [0.1, 0.15) is 12.2 Å². The van der Waals surface area contributed by atoms with Crippen LogP contribution in [0.2, 0.25) is 0 Å². The highest BCUT2D eigenvalue weighted by Gasteiger charge is 2.13. The summed E-state index contributed by atoms with van der Waals surface area (Å²) in [7, 11) is 0. The van der Waals surface area contributed by atoms with E-state index in [9.17, 15) is 0 Å². The highest BCUT2D eigenvalue weighted by atomic mass is 15.3. The maximum atomic E-state index is 6.18. The largest absolute Gasteiger partial charge is 0.321 e. The molecule has 0 radical (unpaired) electrons. The Labute approximate surface area is 101 Å². The van der Waals surface area contributed by atoms with Gasteiger partial charge in [-0.2, -0.15) is 0 Å². The molecule has 17 heavy (non-hydrogen) atoms. The van der Waals surface area contributed by atoms with Crippen LogP contribution in [0.3, 0.4) is 0 Å². The molecule has 0 amide bonds. The van der Waals surface area contributed by atoms with E-state index in [1.807, 2.05) is 22.8 Å². The molecule has 1 heterocycles. The summed E-state index contributed by atoms with van der Waals surface area (Å²) in [4.78, 5) is 0. The van der Waals surface area contributed by atoms with Gasteiger partial charge in [0, 0.05) is 6.54 Å². The number of nitrogens with zero attached hydrogens (tertiary/aromatic N) is 3. The number of aryl methyl sites for hydroxylation is 1. The molecule has 0 spiro atoms. The molecule has 4 nitrogen and oxygen atoms in total. The van der Waals surface area contributed by atoms with Crippen LogP contribution in [-0.4, -0.2) is 14.8 Å². The van der Waals surface area contributed by atoms with Crippen molar-refractivity contribution in [1.82, 2.24) is 14.8 Å². The lowest BCUT2D eigenvalue weighted by molar-refractivity contribution is 0.574. The van der Waals surface area contributed by atoms with Gasteiger partial charge in [0.2, 0.25) is 0 Å². The van der Waals surface area contributed by atoms with Gasteiger partial charge in [-0.1, -0.05) is 37.3 Å². The molecule has 0 bridgehead atoms. The number of rotatable bonds is 5. The normalized spacial score (nSPS) is 12.6. The minimum absolute atomic E-state index is 0.0913. The van der Waals surface area contributed by atoms with Crippen LogP contribution < -0.4 is 5.73 Å². The van der Waals surface area contributed by atoms with Crippen molar-refractivity contribution in [2.45, 2.75) is 32.4 Å². The Balaban J connectivity index is 2.09. The average Bonchev–Trinajstić information content (AvgIpc) is 2.79. The van der Waals surface area contributed by atoms with E-state index in [0.717, 1.165) is 25.2 Å². The summed E-state index contributed by atoms with van der Waals surface area (Å²) >= 11 is 0. The molecule has 0 saturated heterocycles. The average molecular weight is 230 g/mol. The van der Waals surface area contributed by atoms with Crippen LogP contribution in [0.1, 0.15) is 30.8 Å². The highest BCUT2D eigenvalue weighted by Crippen LogP contribution is 2.13. The molecule has 2 N–H and O–H groups in total. The molecule has 0 saturated carbocycles. The van der Waals surface area contributed by atoms with E-state index in [1.54, 1.807) is 6.33 Å². The van der Waals surface area contributed by atoms with Crippen molar-refractivity contribution in [1.29, 1.82) is 0 Å². The third-order valence-electron chi connectivity index (χ3n) is 2.74. The lowest BCUT2D eigenvalue weighted by atomic mass is 10.1. The Kier molecular flexibility index (Phi) is 3.88. The third kappa shape index (κ3) is 2.91. The molecule has 2 aromatic rings. The van der Waals surface area contributed by atoms with Crippen molar-refractivity contribution in [3.63, 3.8) is 0 Å². The molecular formula is C13H18N4. The van der Waals surface area contributed by atoms with Gasteiger partial charge in [-0.25, -0.2) is 0 Å². The Bertz CT molecular complexity index is 449. The van der Waals surface area contributed by atoms with Gasteiger partial charge in [0.25, 0.3) is 0 Å². The van der Waals surface area contributed by atoms with E-state index in [4.69, 9.17) is 5.73 Å². The summed E-state index contributed by atoms with van der Waals surface area (Å²) in [6.45, 7) is 3.05. The Morgan fingerprint density at radius 2 is 2.06 bits per heavy atom. The van der Waals surface area contributed by atoms with Crippen LogP contribution in [0.15, 0.2) is 36.7 Å². The fraction of sp³-hybridized carbons (Fsp3) is 0.385. The fourth-order valence-corrected chi connectivity index (χ4v) is 1.92. The molecule has 4 heteroatoms. The van der Waals surface area contributed by atoms with Crippen molar-refractivity contribution in [3.8, 4) is 0 Å². The first kappa shape index (κ1) is 11.8. The molecule has 1 atom stereocenters. The van der Waals surface area contributed by atoms with E-state index < -0.39 is 0 Å². The van der Waals surface area contributed by atoms with E-state index >= 15 is 0 Å². The zero-order valence-corrected chi connectivity index (χ0v) is 10.1. The van der Waals surface area contributed by atoms with Crippen molar-refractivity contribution < 1.29 is 0 Å². The van der Waals surface area contributed by atoms with Crippen LogP contribution in [0.25, 0.3) is 0 Å². The molecule has 1 aromatic heterocycles. The predicted molar refractivity (Wildman–Crippen MR) is 67.4 cm³/mol. The van der Waals surface area contributed by atoms with Crippen molar-refractivity contribution >= 4 is 0 Å². The summed E-state index contributed by atoms with van der Waals surface area (Å²) in [5, 5.41) is 8.06. The van der Waals surface area contributed by atoms with E-state index in [1.165, 1.54) is 5.56 Å². The van der Waals surface area contributed by atoms with Gasteiger partial charge in [-0.15, -0.1) is 10.2 Å². The maximum Gasteiger partial charge on any atom is 0.150 e. The molecule has 0 aliphatic rings. The van der Waals surface area contributed by atoms with Gasteiger partial charge in [-0.05, 0) is 18.4 Å². The lowest BCUT2D eigenvalue weighted by Gasteiger charge is -2.12. The topological polar surface area (TPSA) is 56.7 Å². The summed E-state index contributed by atoms with van der Waals surface area (Å²) in [6, 6.07) is 10.1. The lowest BCUT2D eigenvalue weighted by Crippen LogP contribution is -2.19. The third-order valence-corrected chi connectivity index (χ3v) is 2.74. The van der Waals surface area contributed by atoms with Gasteiger partial charge in [-0.3, -0.25) is 0 Å². The van der Waals surface area contributed by atoms with Crippen molar-refractivity contribution in [2.75, 3.05) is 0 Å². The molecule has 0 unspecified atom stereocenters. The zero-order chi connectivity index (χ0) is 12.1. The summed E-state index contributed by atoms with van der Waals surface area (Å²) in [6.07, 6.45) is 3.61. The Morgan fingerprint density at radius 1 is 1.29 bits per heavy atom. The summed E-state index contributed by atoms with van der Waals surface area (Å²) in [5.74, 6) is 0.871. The summed E-state index contributed by atoms with van der Waals surface area (Å²) < 4.78 is 2.04.